The SMILES string of the molecule is CCCCCOc1ccc(C2/C(=C(\O)c3ccc4c(c3)OCCO4)C(=O)C(=O)N2CCCn2ccnc2)cc1OC. The van der Waals surface area contributed by atoms with E-state index in [1.165, 1.54) is 4.90 Å². The summed E-state index contributed by atoms with van der Waals surface area (Å²) < 4.78 is 24.8. The summed E-state index contributed by atoms with van der Waals surface area (Å²) in [6.07, 6.45) is 8.90. The van der Waals surface area contributed by atoms with Crippen LogP contribution in [0.1, 0.15) is 49.8 Å². The van der Waals surface area contributed by atoms with Gasteiger partial charge in [0.05, 0.1) is 31.7 Å². The largest absolute Gasteiger partial charge is 0.507 e. The van der Waals surface area contributed by atoms with Crippen molar-refractivity contribution in [3.8, 4) is 23.0 Å². The summed E-state index contributed by atoms with van der Waals surface area (Å²) >= 11 is 0. The number of aryl methyl sites for hydroxylation is 1. The average Bonchev–Trinajstić information content (AvgIpc) is 3.61. The summed E-state index contributed by atoms with van der Waals surface area (Å²) in [5.74, 6) is 0.406. The second kappa shape index (κ2) is 12.8. The normalized spacial score (nSPS) is 17.6. The van der Waals surface area contributed by atoms with Crippen LogP contribution >= 0.6 is 0 Å². The van der Waals surface area contributed by atoms with Crippen LogP contribution in [-0.4, -0.2) is 64.7 Å². The highest BCUT2D eigenvalue weighted by molar-refractivity contribution is 6.46. The number of nitrogens with zero attached hydrogens (tertiary/aromatic N) is 3. The minimum absolute atomic E-state index is 0.00739. The van der Waals surface area contributed by atoms with E-state index in [1.54, 1.807) is 50.0 Å². The number of ether oxygens (including phenoxy) is 4. The third-order valence-electron chi connectivity index (χ3n) is 7.24. The van der Waals surface area contributed by atoms with Crippen LogP contribution in [0.4, 0.5) is 0 Å². The number of benzene rings is 2. The van der Waals surface area contributed by atoms with Gasteiger partial charge in [0.1, 0.15) is 19.0 Å². The molecule has 0 spiro atoms. The molecule has 1 saturated heterocycles. The lowest BCUT2D eigenvalue weighted by atomic mass is 9.94. The lowest BCUT2D eigenvalue weighted by Gasteiger charge is -2.26. The van der Waals surface area contributed by atoms with Crippen molar-refractivity contribution < 1.29 is 33.6 Å². The fourth-order valence-corrected chi connectivity index (χ4v) is 5.15. The highest BCUT2D eigenvalue weighted by atomic mass is 16.6. The number of likely N-dealkylation sites (tertiary alicyclic amines) is 1. The molecule has 1 N–H and O–H groups in total. The fraction of sp³-hybridized carbons (Fsp3) is 0.387. The fourth-order valence-electron chi connectivity index (χ4n) is 5.15. The number of unbranched alkanes of at least 4 members (excludes halogenated alkanes) is 2. The standard InChI is InChI=1S/C31H35N3O7/c1-3-4-5-15-39-23-9-7-21(18-25(23)38-2)28-27(29(35)22-8-10-24-26(19-22)41-17-16-40-24)30(36)31(37)34(28)13-6-12-33-14-11-32-20-33/h7-11,14,18-20,28,35H,3-6,12-13,15-17H2,1-2H3/b29-27+. The summed E-state index contributed by atoms with van der Waals surface area (Å²) in [7, 11) is 1.55. The molecule has 41 heavy (non-hydrogen) atoms. The maximum Gasteiger partial charge on any atom is 0.295 e. The van der Waals surface area contributed by atoms with Crippen molar-refractivity contribution in [2.24, 2.45) is 0 Å². The Morgan fingerprint density at radius 3 is 2.61 bits per heavy atom. The van der Waals surface area contributed by atoms with E-state index in [0.29, 0.717) is 73.5 Å². The van der Waals surface area contributed by atoms with E-state index in [4.69, 9.17) is 18.9 Å². The highest BCUT2D eigenvalue weighted by Crippen LogP contribution is 2.43. The molecule has 1 fully saturated rings. The molecular weight excluding hydrogens is 526 g/mol. The summed E-state index contributed by atoms with van der Waals surface area (Å²) in [6, 6.07) is 9.51. The van der Waals surface area contributed by atoms with E-state index < -0.39 is 17.7 Å². The Hall–Kier alpha value is -4.47. The summed E-state index contributed by atoms with van der Waals surface area (Å²) in [6.45, 7) is 4.41. The topological polar surface area (TPSA) is 112 Å². The van der Waals surface area contributed by atoms with E-state index >= 15 is 0 Å². The van der Waals surface area contributed by atoms with Gasteiger partial charge in [-0.1, -0.05) is 25.8 Å². The van der Waals surface area contributed by atoms with E-state index in [2.05, 4.69) is 11.9 Å². The van der Waals surface area contributed by atoms with Gasteiger partial charge in [0, 0.05) is 31.0 Å². The van der Waals surface area contributed by atoms with Crippen LogP contribution < -0.4 is 18.9 Å². The van der Waals surface area contributed by atoms with E-state index in [1.807, 2.05) is 16.8 Å². The smallest absolute Gasteiger partial charge is 0.295 e. The number of methoxy groups -OCH3 is 1. The lowest BCUT2D eigenvalue weighted by Crippen LogP contribution is -2.31. The van der Waals surface area contributed by atoms with E-state index in [0.717, 1.165) is 19.3 Å². The zero-order chi connectivity index (χ0) is 28.8. The molecule has 5 rings (SSSR count). The number of carbonyl (C=O) groups excluding carboxylic acids is 2. The number of ketones is 1. The van der Waals surface area contributed by atoms with Crippen LogP contribution in [0.5, 0.6) is 23.0 Å². The van der Waals surface area contributed by atoms with Crippen LogP contribution in [0.3, 0.4) is 0 Å². The number of imidazole rings is 1. The minimum atomic E-state index is -0.825. The van der Waals surface area contributed by atoms with Crippen LogP contribution in [0.2, 0.25) is 0 Å². The molecule has 1 atom stereocenters. The number of aliphatic hydroxyl groups is 1. The Morgan fingerprint density at radius 2 is 1.85 bits per heavy atom. The Bertz CT molecular complexity index is 1420. The zero-order valence-electron chi connectivity index (χ0n) is 23.4. The van der Waals surface area contributed by atoms with Crippen molar-refractivity contribution in [2.45, 2.75) is 45.2 Å². The lowest BCUT2D eigenvalue weighted by molar-refractivity contribution is -0.139. The van der Waals surface area contributed by atoms with E-state index in [-0.39, 0.29) is 11.3 Å². The second-order valence-corrected chi connectivity index (χ2v) is 9.97. The molecule has 1 amide bonds. The molecule has 10 nitrogen and oxygen atoms in total. The first-order chi connectivity index (χ1) is 20.0. The van der Waals surface area contributed by atoms with E-state index in [9.17, 15) is 14.7 Å². The average molecular weight is 562 g/mol. The molecule has 0 saturated carbocycles. The van der Waals surface area contributed by atoms with Crippen molar-refractivity contribution in [2.75, 3.05) is 33.5 Å². The monoisotopic (exact) mass is 561 g/mol. The Kier molecular flexibility index (Phi) is 8.76. The van der Waals surface area contributed by atoms with Gasteiger partial charge in [-0.2, -0.15) is 0 Å². The van der Waals surface area contributed by atoms with Crippen molar-refractivity contribution in [3.05, 3.63) is 71.8 Å². The number of aromatic nitrogens is 2. The first-order valence-corrected chi connectivity index (χ1v) is 14.0. The molecule has 10 heteroatoms. The zero-order valence-corrected chi connectivity index (χ0v) is 23.4. The van der Waals surface area contributed by atoms with Gasteiger partial charge in [-0.05, 0) is 48.7 Å². The first-order valence-electron chi connectivity index (χ1n) is 14.0. The quantitative estimate of drug-likeness (QED) is 0.146. The van der Waals surface area contributed by atoms with Gasteiger partial charge >= 0.3 is 0 Å². The number of rotatable bonds is 12. The van der Waals surface area contributed by atoms with Gasteiger partial charge in [-0.3, -0.25) is 9.59 Å². The molecule has 0 radical (unpaired) electrons. The number of hydrogen-bond acceptors (Lipinski definition) is 8. The van der Waals surface area contributed by atoms with Crippen molar-refractivity contribution in [1.29, 1.82) is 0 Å². The second-order valence-electron chi connectivity index (χ2n) is 9.97. The molecule has 2 aliphatic rings. The minimum Gasteiger partial charge on any atom is -0.507 e. The predicted molar refractivity (Wildman–Crippen MR) is 151 cm³/mol. The van der Waals surface area contributed by atoms with Gasteiger partial charge in [-0.25, -0.2) is 4.98 Å². The maximum absolute atomic E-state index is 13.5. The molecule has 2 aromatic carbocycles. The molecular formula is C31H35N3O7. The number of hydrogen-bond donors (Lipinski definition) is 1. The third-order valence-corrected chi connectivity index (χ3v) is 7.24. The third kappa shape index (κ3) is 6.01. The molecule has 2 aliphatic heterocycles. The Morgan fingerprint density at radius 1 is 1.02 bits per heavy atom. The first kappa shape index (κ1) is 28.1. The van der Waals surface area contributed by atoms with Crippen LogP contribution in [-0.2, 0) is 16.1 Å². The molecule has 0 bridgehead atoms. The van der Waals surface area contributed by atoms with Gasteiger partial charge in [0.25, 0.3) is 11.7 Å². The maximum atomic E-state index is 13.5. The van der Waals surface area contributed by atoms with Crippen molar-refractivity contribution >= 4 is 17.4 Å². The summed E-state index contributed by atoms with van der Waals surface area (Å²) in [4.78, 5) is 32.5. The number of Topliss-reactive ketones (excluding diaryl/α,β-unsaturated/α-hetero) is 1. The van der Waals surface area contributed by atoms with Crippen molar-refractivity contribution in [3.63, 3.8) is 0 Å². The molecule has 3 heterocycles. The van der Waals surface area contributed by atoms with Gasteiger partial charge < -0.3 is 33.5 Å². The molecule has 3 aromatic rings. The van der Waals surface area contributed by atoms with Crippen LogP contribution in [0.25, 0.3) is 5.76 Å². The van der Waals surface area contributed by atoms with Gasteiger partial charge in [-0.15, -0.1) is 0 Å². The van der Waals surface area contributed by atoms with Gasteiger partial charge in [0.2, 0.25) is 0 Å². The molecule has 1 aromatic heterocycles. The molecule has 1 unspecified atom stereocenters. The summed E-state index contributed by atoms with van der Waals surface area (Å²) in [5, 5.41) is 11.5. The number of carbonyl (C=O) groups is 2. The summed E-state index contributed by atoms with van der Waals surface area (Å²) in [5.41, 5.74) is 0.996. The number of fused-ring (bicyclic) bond motifs is 1. The molecule has 216 valence electrons. The van der Waals surface area contributed by atoms with Crippen molar-refractivity contribution in [1.82, 2.24) is 14.5 Å². The van der Waals surface area contributed by atoms with Crippen LogP contribution in [0.15, 0.2) is 60.7 Å². The van der Waals surface area contributed by atoms with Gasteiger partial charge in [0.15, 0.2) is 23.0 Å². The predicted octanol–water partition coefficient (Wildman–Crippen LogP) is 4.74. The Labute approximate surface area is 239 Å². The number of amides is 1. The Balaban J connectivity index is 1.51. The number of aliphatic hydroxyl groups excluding tert-OH is 1. The molecule has 0 aliphatic carbocycles. The highest BCUT2D eigenvalue weighted by Gasteiger charge is 2.46. The van der Waals surface area contributed by atoms with Crippen LogP contribution in [0, 0.1) is 0 Å².